The van der Waals surface area contributed by atoms with Gasteiger partial charge in [-0.25, -0.2) is 4.39 Å². The van der Waals surface area contributed by atoms with E-state index in [1.165, 1.54) is 17.0 Å². The molecule has 1 N–H and O–H groups in total. The minimum atomic E-state index is -0.628. The normalized spacial score (nSPS) is 12.9. The minimum absolute atomic E-state index is 0.215. The number of nitrogens with zero attached hydrogens (tertiary/aromatic N) is 1. The van der Waals surface area contributed by atoms with Gasteiger partial charge >= 0.3 is 11.8 Å². The molecule has 4 nitrogen and oxygen atoms in total. The molecule has 0 saturated heterocycles. The first-order valence-corrected chi connectivity index (χ1v) is 8.89. The van der Waals surface area contributed by atoms with Crippen LogP contribution in [-0.2, 0) is 9.59 Å². The summed E-state index contributed by atoms with van der Waals surface area (Å²) in [4.78, 5) is 26.7. The molecule has 0 aliphatic carbocycles. The number of hydrogen-bond acceptors (Lipinski definition) is 2. The van der Waals surface area contributed by atoms with Gasteiger partial charge in [-0.3, -0.25) is 9.59 Å². The van der Waals surface area contributed by atoms with E-state index in [0.717, 1.165) is 11.1 Å². The van der Waals surface area contributed by atoms with Crippen molar-refractivity contribution < 1.29 is 14.0 Å². The van der Waals surface area contributed by atoms with E-state index in [9.17, 15) is 14.0 Å². The molecule has 2 aromatic rings. The summed E-state index contributed by atoms with van der Waals surface area (Å²) < 4.78 is 13.1. The Morgan fingerprint density at radius 1 is 1.00 bits per heavy atom. The lowest BCUT2D eigenvalue weighted by atomic mass is 10.0. The Labute approximate surface area is 154 Å². The van der Waals surface area contributed by atoms with Crippen molar-refractivity contribution in [1.82, 2.24) is 10.2 Å². The second-order valence-corrected chi connectivity index (χ2v) is 6.16. The summed E-state index contributed by atoms with van der Waals surface area (Å²) >= 11 is 0. The zero-order valence-corrected chi connectivity index (χ0v) is 15.4. The third kappa shape index (κ3) is 4.69. The lowest BCUT2D eigenvalue weighted by Gasteiger charge is -2.28. The third-order valence-corrected chi connectivity index (χ3v) is 4.53. The molecule has 0 aliphatic rings. The van der Waals surface area contributed by atoms with Gasteiger partial charge in [-0.15, -0.1) is 0 Å². The summed E-state index contributed by atoms with van der Waals surface area (Å²) in [6.07, 6.45) is 0.683. The molecule has 0 heterocycles. The molecule has 0 aliphatic heterocycles. The smallest absolute Gasteiger partial charge is 0.312 e. The summed E-state index contributed by atoms with van der Waals surface area (Å²) in [6, 6.07) is 15.0. The number of carbonyl (C=O) groups is 2. The Hall–Kier alpha value is -2.69. The summed E-state index contributed by atoms with van der Waals surface area (Å²) in [7, 11) is 0. The maximum atomic E-state index is 13.1. The molecule has 2 aromatic carbocycles. The molecule has 0 unspecified atom stereocenters. The maximum absolute atomic E-state index is 13.1. The Morgan fingerprint density at radius 2 is 1.62 bits per heavy atom. The van der Waals surface area contributed by atoms with Crippen molar-refractivity contribution in [1.29, 1.82) is 0 Å². The molecule has 0 radical (unpaired) electrons. The van der Waals surface area contributed by atoms with Crippen molar-refractivity contribution in [2.45, 2.75) is 39.3 Å². The van der Waals surface area contributed by atoms with E-state index in [1.807, 2.05) is 51.1 Å². The topological polar surface area (TPSA) is 49.4 Å². The lowest BCUT2D eigenvalue weighted by molar-refractivity contribution is -0.147. The zero-order valence-electron chi connectivity index (χ0n) is 15.4. The zero-order chi connectivity index (χ0) is 19.1. The van der Waals surface area contributed by atoms with E-state index in [-0.39, 0.29) is 17.9 Å². The number of benzene rings is 2. The van der Waals surface area contributed by atoms with E-state index < -0.39 is 11.8 Å². The van der Waals surface area contributed by atoms with Gasteiger partial charge in [-0.2, -0.15) is 0 Å². The molecule has 26 heavy (non-hydrogen) atoms. The highest BCUT2D eigenvalue weighted by Crippen LogP contribution is 2.21. The molecule has 0 spiro atoms. The molecule has 0 fully saturated rings. The number of hydrogen-bond donors (Lipinski definition) is 1. The van der Waals surface area contributed by atoms with E-state index in [1.54, 1.807) is 12.1 Å². The molecule has 2 atom stereocenters. The highest BCUT2D eigenvalue weighted by atomic mass is 19.1. The van der Waals surface area contributed by atoms with Crippen molar-refractivity contribution in [2.75, 3.05) is 6.54 Å². The predicted octanol–water partition coefficient (Wildman–Crippen LogP) is 4.00. The highest BCUT2D eigenvalue weighted by Gasteiger charge is 2.27. The first-order chi connectivity index (χ1) is 12.5. The Kier molecular flexibility index (Phi) is 6.89. The van der Waals surface area contributed by atoms with E-state index >= 15 is 0 Å². The number of halogens is 1. The third-order valence-electron chi connectivity index (χ3n) is 4.53. The number of nitrogens with one attached hydrogen (secondary N) is 1. The van der Waals surface area contributed by atoms with E-state index in [4.69, 9.17) is 0 Å². The molecule has 2 amide bonds. The van der Waals surface area contributed by atoms with Crippen LogP contribution in [0.4, 0.5) is 4.39 Å². The predicted molar refractivity (Wildman–Crippen MR) is 99.8 cm³/mol. The van der Waals surface area contributed by atoms with Crippen LogP contribution in [0.1, 0.15) is 50.4 Å². The quantitative estimate of drug-likeness (QED) is 0.795. The minimum Gasteiger partial charge on any atom is -0.341 e. The number of likely N-dealkylation sites (N-methyl/N-ethyl adjacent to an activating group) is 1. The van der Waals surface area contributed by atoms with Gasteiger partial charge in [0.05, 0.1) is 12.1 Å². The van der Waals surface area contributed by atoms with Crippen molar-refractivity contribution in [3.05, 3.63) is 71.5 Å². The summed E-state index contributed by atoms with van der Waals surface area (Å²) in [5, 5.41) is 2.82. The van der Waals surface area contributed by atoms with Crippen LogP contribution in [0.2, 0.25) is 0 Å². The van der Waals surface area contributed by atoms with Crippen LogP contribution in [0.15, 0.2) is 54.6 Å². The van der Waals surface area contributed by atoms with Crippen LogP contribution in [0.5, 0.6) is 0 Å². The van der Waals surface area contributed by atoms with Crippen LogP contribution >= 0.6 is 0 Å². The molecule has 0 bridgehead atoms. The monoisotopic (exact) mass is 356 g/mol. The van der Waals surface area contributed by atoms with Crippen LogP contribution in [-0.4, -0.2) is 23.3 Å². The fraction of sp³-hybridized carbons (Fsp3) is 0.333. The van der Waals surface area contributed by atoms with Crippen molar-refractivity contribution in [2.24, 2.45) is 0 Å². The first kappa shape index (κ1) is 19.6. The number of carbonyl (C=O) groups excluding carboxylic acids is 2. The van der Waals surface area contributed by atoms with Crippen molar-refractivity contribution in [3.8, 4) is 0 Å². The van der Waals surface area contributed by atoms with Gasteiger partial charge in [0.25, 0.3) is 0 Å². The Bertz CT molecular complexity index is 731. The number of amides is 2. The first-order valence-electron chi connectivity index (χ1n) is 8.89. The average Bonchev–Trinajstić information content (AvgIpc) is 2.67. The fourth-order valence-electron chi connectivity index (χ4n) is 2.97. The van der Waals surface area contributed by atoms with Crippen LogP contribution in [0.25, 0.3) is 0 Å². The van der Waals surface area contributed by atoms with Crippen molar-refractivity contribution >= 4 is 11.8 Å². The average molecular weight is 356 g/mol. The molecule has 2 rings (SSSR count). The van der Waals surface area contributed by atoms with Crippen LogP contribution in [0, 0.1) is 5.82 Å². The van der Waals surface area contributed by atoms with Crippen molar-refractivity contribution in [3.63, 3.8) is 0 Å². The molecule has 5 heteroatoms. The summed E-state index contributed by atoms with van der Waals surface area (Å²) in [6.45, 7) is 5.99. The molecule has 0 saturated carbocycles. The number of rotatable bonds is 6. The van der Waals surface area contributed by atoms with Gasteiger partial charge in [-0.05, 0) is 43.5 Å². The van der Waals surface area contributed by atoms with Gasteiger partial charge in [0.1, 0.15) is 5.82 Å². The standard InChI is InChI=1S/C21H25FN2O2/c1-4-19(17-9-7-6-8-10-17)23-20(25)21(26)24(5-2)15(3)16-11-13-18(22)14-12-16/h6-15,19H,4-5H2,1-3H3,(H,23,25)/t15-,19+/m1/s1. The largest absolute Gasteiger partial charge is 0.341 e. The van der Waals surface area contributed by atoms with Gasteiger partial charge in [0, 0.05) is 6.54 Å². The molecular weight excluding hydrogens is 331 g/mol. The van der Waals surface area contributed by atoms with E-state index in [0.29, 0.717) is 13.0 Å². The second kappa shape index (κ2) is 9.13. The van der Waals surface area contributed by atoms with Crippen LogP contribution < -0.4 is 5.32 Å². The van der Waals surface area contributed by atoms with Crippen LogP contribution in [0.3, 0.4) is 0 Å². The SMILES string of the molecule is CC[C@H](NC(=O)C(=O)N(CC)[C@H](C)c1ccc(F)cc1)c1ccccc1. The molecular formula is C21H25FN2O2. The highest BCUT2D eigenvalue weighted by molar-refractivity contribution is 6.35. The fourth-order valence-corrected chi connectivity index (χ4v) is 2.97. The van der Waals surface area contributed by atoms with Gasteiger partial charge < -0.3 is 10.2 Å². The summed E-state index contributed by atoms with van der Waals surface area (Å²) in [5.41, 5.74) is 1.75. The van der Waals surface area contributed by atoms with Gasteiger partial charge in [0.2, 0.25) is 0 Å². The summed E-state index contributed by atoms with van der Waals surface area (Å²) in [5.74, 6) is -1.54. The molecule has 0 aromatic heterocycles. The second-order valence-electron chi connectivity index (χ2n) is 6.16. The Morgan fingerprint density at radius 3 is 2.15 bits per heavy atom. The van der Waals surface area contributed by atoms with E-state index in [2.05, 4.69) is 5.32 Å². The lowest BCUT2D eigenvalue weighted by Crippen LogP contribution is -2.45. The molecule has 138 valence electrons. The van der Waals surface area contributed by atoms with Gasteiger partial charge in [0.15, 0.2) is 0 Å². The maximum Gasteiger partial charge on any atom is 0.312 e. The Balaban J connectivity index is 2.11. The van der Waals surface area contributed by atoms with Gasteiger partial charge in [-0.1, -0.05) is 49.4 Å².